The average molecular weight is 292 g/mol. The molecule has 0 aromatic heterocycles. The largest absolute Gasteiger partial charge is 0.379 e. The van der Waals surface area contributed by atoms with Gasteiger partial charge >= 0.3 is 0 Å². The van der Waals surface area contributed by atoms with Crippen molar-refractivity contribution in [2.24, 2.45) is 0 Å². The highest BCUT2D eigenvalue weighted by Crippen LogP contribution is 2.15. The topological polar surface area (TPSA) is 24.5 Å². The Morgan fingerprint density at radius 2 is 1.90 bits per heavy atom. The highest BCUT2D eigenvalue weighted by molar-refractivity contribution is 5.14. The molecule has 1 rings (SSSR count). The molecule has 1 unspecified atom stereocenters. The van der Waals surface area contributed by atoms with E-state index < -0.39 is 0 Å². The maximum absolute atomic E-state index is 5.47. The van der Waals surface area contributed by atoms with Crippen LogP contribution in [0.2, 0.25) is 0 Å². The zero-order valence-electron chi connectivity index (χ0n) is 14.4. The molecule has 120 valence electrons. The predicted molar refractivity (Wildman–Crippen MR) is 90.6 cm³/mol. The highest BCUT2D eigenvalue weighted by atomic mass is 16.5. The summed E-state index contributed by atoms with van der Waals surface area (Å²) in [6.45, 7) is 9.70. The van der Waals surface area contributed by atoms with E-state index in [-0.39, 0.29) is 5.60 Å². The molecule has 0 radical (unpaired) electrons. The van der Waals surface area contributed by atoms with E-state index in [1.54, 1.807) is 7.11 Å². The summed E-state index contributed by atoms with van der Waals surface area (Å²) in [5.41, 5.74) is 1.33. The Morgan fingerprint density at radius 3 is 2.52 bits per heavy atom. The van der Waals surface area contributed by atoms with Gasteiger partial charge in [-0.2, -0.15) is 0 Å². The van der Waals surface area contributed by atoms with Gasteiger partial charge in [-0.05, 0) is 59.3 Å². The van der Waals surface area contributed by atoms with Gasteiger partial charge in [0.1, 0.15) is 0 Å². The minimum atomic E-state index is -0.0451. The standard InChI is InChI=1S/C18H32N2O/c1-16(14-18(2,3)21-5)19-12-9-13-20(4)15-17-10-7-6-8-11-17/h6-8,10-11,16,19H,9,12-15H2,1-5H3. The van der Waals surface area contributed by atoms with Gasteiger partial charge in [0.2, 0.25) is 0 Å². The molecule has 0 spiro atoms. The molecule has 0 fully saturated rings. The molecule has 1 atom stereocenters. The maximum Gasteiger partial charge on any atom is 0.0637 e. The van der Waals surface area contributed by atoms with E-state index in [9.17, 15) is 0 Å². The smallest absolute Gasteiger partial charge is 0.0637 e. The lowest BCUT2D eigenvalue weighted by Gasteiger charge is -2.27. The molecular formula is C18H32N2O. The third kappa shape index (κ3) is 8.20. The Kier molecular flexibility index (Phi) is 7.94. The number of nitrogens with zero attached hydrogens (tertiary/aromatic N) is 1. The molecule has 1 aromatic rings. The molecule has 0 bridgehead atoms. The Balaban J connectivity index is 2.13. The Morgan fingerprint density at radius 1 is 1.24 bits per heavy atom. The first-order valence-electron chi connectivity index (χ1n) is 7.94. The third-order valence-corrected chi connectivity index (χ3v) is 3.86. The van der Waals surface area contributed by atoms with Crippen LogP contribution in [0.1, 0.15) is 39.2 Å². The monoisotopic (exact) mass is 292 g/mol. The fraction of sp³-hybridized carbons (Fsp3) is 0.667. The first-order valence-corrected chi connectivity index (χ1v) is 7.94. The molecule has 0 saturated carbocycles. The molecule has 1 aromatic carbocycles. The van der Waals surface area contributed by atoms with Gasteiger partial charge < -0.3 is 15.0 Å². The van der Waals surface area contributed by atoms with Crippen molar-refractivity contribution >= 4 is 0 Å². The van der Waals surface area contributed by atoms with Crippen molar-refractivity contribution in [3.8, 4) is 0 Å². The van der Waals surface area contributed by atoms with E-state index in [0.717, 1.165) is 26.1 Å². The molecule has 0 aliphatic carbocycles. The van der Waals surface area contributed by atoms with Crippen LogP contribution < -0.4 is 5.32 Å². The molecule has 3 nitrogen and oxygen atoms in total. The maximum atomic E-state index is 5.47. The first-order chi connectivity index (χ1) is 9.93. The lowest BCUT2D eigenvalue weighted by molar-refractivity contribution is 0.00856. The van der Waals surface area contributed by atoms with Crippen molar-refractivity contribution in [2.75, 3.05) is 27.2 Å². The van der Waals surface area contributed by atoms with Crippen LogP contribution in [0.15, 0.2) is 30.3 Å². The normalized spacial score (nSPS) is 13.6. The number of ether oxygens (including phenoxy) is 1. The second kappa shape index (κ2) is 9.19. The van der Waals surface area contributed by atoms with E-state index in [1.807, 2.05) is 0 Å². The lowest BCUT2D eigenvalue weighted by Crippen LogP contribution is -2.36. The Hall–Kier alpha value is -0.900. The molecule has 3 heteroatoms. The van der Waals surface area contributed by atoms with Crippen LogP contribution in [0, 0.1) is 0 Å². The van der Waals surface area contributed by atoms with E-state index >= 15 is 0 Å². The number of methoxy groups -OCH3 is 1. The van der Waals surface area contributed by atoms with Gasteiger partial charge in [0.15, 0.2) is 0 Å². The van der Waals surface area contributed by atoms with E-state index in [0.29, 0.717) is 6.04 Å². The molecule has 1 N–H and O–H groups in total. The second-order valence-electron chi connectivity index (χ2n) is 6.60. The molecule has 0 saturated heterocycles. The van der Waals surface area contributed by atoms with Gasteiger partial charge in [0.25, 0.3) is 0 Å². The summed E-state index contributed by atoms with van der Waals surface area (Å²) < 4.78 is 5.47. The molecule has 0 amide bonds. The van der Waals surface area contributed by atoms with Crippen LogP contribution in [-0.2, 0) is 11.3 Å². The number of nitrogens with one attached hydrogen (secondary N) is 1. The molecule has 0 aliphatic heterocycles. The van der Waals surface area contributed by atoms with Crippen molar-refractivity contribution in [3.05, 3.63) is 35.9 Å². The van der Waals surface area contributed by atoms with Gasteiger partial charge in [0, 0.05) is 19.7 Å². The van der Waals surface area contributed by atoms with Gasteiger partial charge in [-0.3, -0.25) is 0 Å². The van der Waals surface area contributed by atoms with Gasteiger partial charge in [0.05, 0.1) is 5.60 Å². The van der Waals surface area contributed by atoms with Crippen LogP contribution in [0.3, 0.4) is 0 Å². The van der Waals surface area contributed by atoms with E-state index in [2.05, 4.69) is 68.4 Å². The first kappa shape index (κ1) is 18.1. The summed E-state index contributed by atoms with van der Waals surface area (Å²) in [4.78, 5) is 2.38. The number of rotatable bonds is 10. The summed E-state index contributed by atoms with van der Waals surface area (Å²) in [7, 11) is 3.97. The van der Waals surface area contributed by atoms with Crippen LogP contribution in [0.5, 0.6) is 0 Å². The van der Waals surface area contributed by atoms with Crippen molar-refractivity contribution in [1.29, 1.82) is 0 Å². The van der Waals surface area contributed by atoms with Gasteiger partial charge in [-0.15, -0.1) is 0 Å². The minimum Gasteiger partial charge on any atom is -0.379 e. The number of hydrogen-bond acceptors (Lipinski definition) is 3. The van der Waals surface area contributed by atoms with Crippen molar-refractivity contribution < 1.29 is 4.74 Å². The fourth-order valence-electron chi connectivity index (χ4n) is 2.56. The summed E-state index contributed by atoms with van der Waals surface area (Å²) in [6, 6.07) is 11.1. The summed E-state index contributed by atoms with van der Waals surface area (Å²) >= 11 is 0. The summed E-state index contributed by atoms with van der Waals surface area (Å²) in [6.07, 6.45) is 2.20. The van der Waals surface area contributed by atoms with Crippen molar-refractivity contribution in [3.63, 3.8) is 0 Å². The van der Waals surface area contributed by atoms with Crippen LogP contribution in [0.25, 0.3) is 0 Å². The molecule has 0 heterocycles. The lowest BCUT2D eigenvalue weighted by atomic mass is 10.00. The van der Waals surface area contributed by atoms with Gasteiger partial charge in [-0.1, -0.05) is 30.3 Å². The minimum absolute atomic E-state index is 0.0451. The Labute approximate surface area is 130 Å². The van der Waals surface area contributed by atoms with Crippen LogP contribution in [-0.4, -0.2) is 43.8 Å². The zero-order valence-corrected chi connectivity index (χ0v) is 14.4. The van der Waals surface area contributed by atoms with Crippen LogP contribution in [0.4, 0.5) is 0 Å². The van der Waals surface area contributed by atoms with Gasteiger partial charge in [-0.25, -0.2) is 0 Å². The molecular weight excluding hydrogens is 260 g/mol. The van der Waals surface area contributed by atoms with E-state index in [4.69, 9.17) is 4.74 Å². The predicted octanol–water partition coefficient (Wildman–Crippen LogP) is 3.30. The summed E-state index contributed by atoms with van der Waals surface area (Å²) in [5.74, 6) is 0. The number of hydrogen-bond donors (Lipinski definition) is 1. The highest BCUT2D eigenvalue weighted by Gasteiger charge is 2.19. The number of benzene rings is 1. The molecule has 0 aliphatic rings. The summed E-state index contributed by atoms with van der Waals surface area (Å²) in [5, 5.41) is 3.59. The van der Waals surface area contributed by atoms with Crippen molar-refractivity contribution in [2.45, 2.75) is 51.8 Å². The Bertz CT molecular complexity index is 378. The fourth-order valence-corrected chi connectivity index (χ4v) is 2.56. The SMILES string of the molecule is COC(C)(C)CC(C)NCCCN(C)Cc1ccccc1. The zero-order chi connectivity index (χ0) is 15.7. The van der Waals surface area contributed by atoms with E-state index in [1.165, 1.54) is 12.0 Å². The second-order valence-corrected chi connectivity index (χ2v) is 6.60. The average Bonchev–Trinajstić information content (AvgIpc) is 2.44. The molecule has 21 heavy (non-hydrogen) atoms. The van der Waals surface area contributed by atoms with Crippen LogP contribution >= 0.6 is 0 Å². The quantitative estimate of drug-likeness (QED) is 0.670. The van der Waals surface area contributed by atoms with Crippen molar-refractivity contribution in [1.82, 2.24) is 10.2 Å². The third-order valence-electron chi connectivity index (χ3n) is 3.86.